The summed E-state index contributed by atoms with van der Waals surface area (Å²) in [7, 11) is 7.49. The van der Waals surface area contributed by atoms with E-state index in [1.807, 2.05) is 60.5 Å². The zero-order chi connectivity index (χ0) is 33.0. The van der Waals surface area contributed by atoms with Crippen LogP contribution < -0.4 is 5.32 Å². The van der Waals surface area contributed by atoms with Gasteiger partial charge in [-0.15, -0.1) is 0 Å². The highest BCUT2D eigenvalue weighted by Crippen LogP contribution is 2.27. The van der Waals surface area contributed by atoms with Crippen molar-refractivity contribution in [3.05, 3.63) is 40.2 Å². The van der Waals surface area contributed by atoms with Gasteiger partial charge in [0.15, 0.2) is 17.3 Å². The van der Waals surface area contributed by atoms with Crippen molar-refractivity contribution in [2.75, 3.05) is 39.5 Å². The van der Waals surface area contributed by atoms with Crippen molar-refractivity contribution in [1.29, 1.82) is 0 Å². The Morgan fingerprint density at radius 1 is 1.19 bits per heavy atom. The van der Waals surface area contributed by atoms with E-state index in [0.29, 0.717) is 31.5 Å². The Morgan fingerprint density at radius 2 is 1.76 bits per heavy atom. The number of nitrogens with zero attached hydrogens (tertiary/aromatic N) is 5. The summed E-state index contributed by atoms with van der Waals surface area (Å²) in [6, 6.07) is 1.81. The predicted molar refractivity (Wildman–Crippen MR) is 173 cm³/mol. The van der Waals surface area contributed by atoms with Crippen LogP contribution in [0.15, 0.2) is 12.3 Å². The third-order valence-corrected chi connectivity index (χ3v) is 5.69. The van der Waals surface area contributed by atoms with E-state index in [1.54, 1.807) is 35.9 Å². The molecule has 42 heavy (non-hydrogen) atoms. The summed E-state index contributed by atoms with van der Waals surface area (Å²) in [4.78, 5) is 30.3. The summed E-state index contributed by atoms with van der Waals surface area (Å²) in [6.45, 7) is 20.0. The monoisotopic (exact) mass is 614 g/mol. The molecule has 11 heteroatoms. The number of aryl methyl sites for hydroxylation is 2. The van der Waals surface area contributed by atoms with Gasteiger partial charge in [0, 0.05) is 33.4 Å². The standard InChI is InChI=1S/C14H16ClFN4O.C10H22N2O2.C5H12.C2H6/c1-3-4-11-10(8-21)13(12(16)14(15)18-11)17-7-9-5-6-20(2)19-9;1-10(2,3)14-9(13)12(6)8-7-11(4)5;1-4-5(2)3;1-2/h5-6,8H,3-4,7H2,1-2H3,(H,17,18);7-8H2,1-6H3;5H,4H2,1-3H3;1-2H3. The highest BCUT2D eigenvalue weighted by atomic mass is 35.5. The lowest BCUT2D eigenvalue weighted by molar-refractivity contribution is 0.0290. The van der Waals surface area contributed by atoms with Gasteiger partial charge in [-0.25, -0.2) is 14.2 Å². The molecule has 9 nitrogen and oxygen atoms in total. The number of aromatic nitrogens is 3. The number of anilines is 1. The predicted octanol–water partition coefficient (Wildman–Crippen LogP) is 7.48. The minimum atomic E-state index is -0.713. The lowest BCUT2D eigenvalue weighted by Gasteiger charge is -2.25. The van der Waals surface area contributed by atoms with E-state index in [4.69, 9.17) is 16.3 Å². The number of ether oxygens (including phenoxy) is 1. The third kappa shape index (κ3) is 18.0. The summed E-state index contributed by atoms with van der Waals surface area (Å²) < 4.78 is 21.0. The normalized spacial score (nSPS) is 10.5. The number of hydrogen-bond donors (Lipinski definition) is 1. The minimum Gasteiger partial charge on any atom is -0.444 e. The van der Waals surface area contributed by atoms with Gasteiger partial charge in [-0.1, -0.05) is 66.0 Å². The molecule has 0 aromatic carbocycles. The summed E-state index contributed by atoms with van der Waals surface area (Å²) in [5.41, 5.74) is 1.12. The van der Waals surface area contributed by atoms with Gasteiger partial charge in [-0.3, -0.25) is 9.48 Å². The Hall–Kier alpha value is -2.72. The molecule has 0 aliphatic rings. The number of carbonyl (C=O) groups is 2. The van der Waals surface area contributed by atoms with Crippen molar-refractivity contribution in [3.63, 3.8) is 0 Å². The molecule has 2 aromatic rings. The van der Waals surface area contributed by atoms with Crippen molar-refractivity contribution in [2.24, 2.45) is 13.0 Å². The van der Waals surface area contributed by atoms with Crippen LogP contribution >= 0.6 is 11.6 Å². The number of carbonyl (C=O) groups excluding carboxylic acids is 2. The van der Waals surface area contributed by atoms with Crippen LogP contribution in [0.25, 0.3) is 0 Å². The molecule has 2 rings (SSSR count). The van der Waals surface area contributed by atoms with Crippen LogP contribution in [-0.4, -0.2) is 76.8 Å². The molecule has 0 spiro atoms. The van der Waals surface area contributed by atoms with E-state index < -0.39 is 11.4 Å². The smallest absolute Gasteiger partial charge is 0.410 e. The summed E-state index contributed by atoms with van der Waals surface area (Å²) in [6.07, 6.45) is 4.79. The van der Waals surface area contributed by atoms with Gasteiger partial charge >= 0.3 is 6.09 Å². The molecule has 0 aliphatic carbocycles. The molecule has 0 radical (unpaired) electrons. The quantitative estimate of drug-likeness (QED) is 0.219. The van der Waals surface area contributed by atoms with Crippen LogP contribution in [0.5, 0.6) is 0 Å². The maximum atomic E-state index is 14.1. The first-order valence-corrected chi connectivity index (χ1v) is 15.1. The van der Waals surface area contributed by atoms with Crippen LogP contribution in [0.2, 0.25) is 5.15 Å². The molecule has 242 valence electrons. The van der Waals surface area contributed by atoms with Gasteiger partial charge in [0.25, 0.3) is 0 Å². The van der Waals surface area contributed by atoms with Crippen LogP contribution in [0.1, 0.15) is 96.9 Å². The minimum absolute atomic E-state index is 0.0825. The van der Waals surface area contributed by atoms with Gasteiger partial charge in [0.05, 0.1) is 29.2 Å². The molecule has 1 amide bonds. The number of halogens is 2. The Bertz CT molecular complexity index is 1040. The highest BCUT2D eigenvalue weighted by Gasteiger charge is 2.20. The molecule has 0 atom stereocenters. The first-order chi connectivity index (χ1) is 19.6. The molecule has 2 heterocycles. The van der Waals surface area contributed by atoms with Crippen molar-refractivity contribution < 1.29 is 18.7 Å². The fraction of sp³-hybridized carbons (Fsp3) is 0.677. The van der Waals surface area contributed by atoms with Crippen molar-refractivity contribution in [1.82, 2.24) is 24.6 Å². The second-order valence-electron chi connectivity index (χ2n) is 11.2. The molecule has 0 saturated heterocycles. The molecule has 0 aliphatic heterocycles. The van der Waals surface area contributed by atoms with Crippen molar-refractivity contribution in [2.45, 2.75) is 93.7 Å². The highest BCUT2D eigenvalue weighted by molar-refractivity contribution is 6.30. The zero-order valence-electron chi connectivity index (χ0n) is 28.3. The van der Waals surface area contributed by atoms with E-state index in [-0.39, 0.29) is 22.5 Å². The maximum Gasteiger partial charge on any atom is 0.410 e. The molecule has 2 aromatic heterocycles. The van der Waals surface area contributed by atoms with E-state index in [9.17, 15) is 14.0 Å². The lowest BCUT2D eigenvalue weighted by Crippen LogP contribution is -2.37. The number of pyridine rings is 1. The summed E-state index contributed by atoms with van der Waals surface area (Å²) in [5, 5.41) is 6.85. The number of rotatable bonds is 10. The van der Waals surface area contributed by atoms with Gasteiger partial charge in [-0.05, 0) is 53.3 Å². The molecular weight excluding hydrogens is 559 g/mol. The number of hydrogen-bond acceptors (Lipinski definition) is 7. The SMILES string of the molecule is CC.CCC(C)C.CCCc1nc(Cl)c(F)c(NCc2ccn(C)n2)c1C=O.CN(C)CCN(C)C(=O)OC(C)(C)C. The van der Waals surface area contributed by atoms with E-state index in [2.05, 4.69) is 36.2 Å². The second kappa shape index (κ2) is 21.9. The molecular formula is C31H56ClFN6O3. The lowest BCUT2D eigenvalue weighted by atomic mass is 10.1. The van der Waals surface area contributed by atoms with E-state index in [0.717, 1.165) is 24.6 Å². The van der Waals surface area contributed by atoms with Gasteiger partial charge < -0.3 is 19.9 Å². The molecule has 0 unspecified atom stereocenters. The average Bonchev–Trinajstić information content (AvgIpc) is 3.34. The van der Waals surface area contributed by atoms with E-state index >= 15 is 0 Å². The fourth-order valence-corrected chi connectivity index (χ4v) is 3.03. The van der Waals surface area contributed by atoms with E-state index in [1.165, 1.54) is 6.42 Å². The fourth-order valence-electron chi connectivity index (χ4n) is 2.84. The third-order valence-electron chi connectivity index (χ3n) is 5.44. The van der Waals surface area contributed by atoms with Crippen LogP contribution in [0, 0.1) is 11.7 Å². The Morgan fingerprint density at radius 3 is 2.17 bits per heavy atom. The molecule has 0 bridgehead atoms. The van der Waals surface area contributed by atoms with Crippen LogP contribution in [0.3, 0.4) is 0 Å². The number of aldehydes is 1. The Labute approximate surface area is 259 Å². The van der Waals surface area contributed by atoms with Crippen LogP contribution in [-0.2, 0) is 24.8 Å². The first-order valence-electron chi connectivity index (χ1n) is 14.7. The number of nitrogens with one attached hydrogen (secondary N) is 1. The second-order valence-corrected chi connectivity index (χ2v) is 11.5. The maximum absolute atomic E-state index is 14.1. The molecule has 0 fully saturated rings. The van der Waals surface area contributed by atoms with Crippen molar-refractivity contribution >= 4 is 29.7 Å². The van der Waals surface area contributed by atoms with Gasteiger partial charge in [0.2, 0.25) is 0 Å². The summed E-state index contributed by atoms with van der Waals surface area (Å²) >= 11 is 5.81. The number of amides is 1. The topological polar surface area (TPSA) is 92.6 Å². The first kappa shape index (κ1) is 41.4. The van der Waals surface area contributed by atoms with Gasteiger partial charge in [0.1, 0.15) is 5.60 Å². The van der Waals surface area contributed by atoms with Crippen molar-refractivity contribution in [3.8, 4) is 0 Å². The van der Waals surface area contributed by atoms with Gasteiger partial charge in [-0.2, -0.15) is 5.10 Å². The Balaban J connectivity index is 0. The van der Waals surface area contributed by atoms with Crippen LogP contribution in [0.4, 0.5) is 14.9 Å². The molecule has 0 saturated carbocycles. The summed E-state index contributed by atoms with van der Waals surface area (Å²) in [5.74, 6) is 0.171. The largest absolute Gasteiger partial charge is 0.444 e. The number of likely N-dealkylation sites (N-methyl/N-ethyl adjacent to an activating group) is 2. The zero-order valence-corrected chi connectivity index (χ0v) is 29.0. The average molecular weight is 615 g/mol. The molecule has 1 N–H and O–H groups in total. The Kier molecular flexibility index (Phi) is 21.6.